The average molecular weight is 350 g/mol. The second kappa shape index (κ2) is 7.66. The number of hydrogen-bond donors (Lipinski definition) is 1. The minimum atomic E-state index is 0.105. The fourth-order valence-corrected chi connectivity index (χ4v) is 4.90. The summed E-state index contributed by atoms with van der Waals surface area (Å²) in [5.41, 5.74) is 1.35. The van der Waals surface area contributed by atoms with Crippen LogP contribution in [0, 0.1) is 5.92 Å². The van der Waals surface area contributed by atoms with Gasteiger partial charge in [0, 0.05) is 24.4 Å². The minimum Gasteiger partial charge on any atom is -0.359 e. The van der Waals surface area contributed by atoms with Gasteiger partial charge in [0.2, 0.25) is 11.8 Å². The smallest absolute Gasteiger partial charge is 0.237 e. The van der Waals surface area contributed by atoms with Gasteiger partial charge in [-0.05, 0) is 55.8 Å². The molecule has 2 amide bonds. The SMILES string of the molecule is CCC1c2ccsc2CCN1C(=O)CN1CCC(C(=O)NC)CC1. The molecule has 1 aromatic heterocycles. The van der Waals surface area contributed by atoms with Crippen molar-refractivity contribution >= 4 is 23.2 Å². The van der Waals surface area contributed by atoms with Crippen molar-refractivity contribution in [1.82, 2.24) is 15.1 Å². The molecule has 2 aliphatic heterocycles. The van der Waals surface area contributed by atoms with Crippen LogP contribution in [0.5, 0.6) is 0 Å². The van der Waals surface area contributed by atoms with Gasteiger partial charge in [-0.1, -0.05) is 6.92 Å². The van der Waals surface area contributed by atoms with Crippen LogP contribution in [-0.4, -0.2) is 54.8 Å². The predicted molar refractivity (Wildman–Crippen MR) is 96.0 cm³/mol. The van der Waals surface area contributed by atoms with E-state index in [1.54, 1.807) is 7.05 Å². The number of piperidine rings is 1. The van der Waals surface area contributed by atoms with E-state index in [1.165, 1.54) is 10.4 Å². The van der Waals surface area contributed by atoms with Gasteiger partial charge in [-0.2, -0.15) is 0 Å². The number of hydrogen-bond acceptors (Lipinski definition) is 4. The van der Waals surface area contributed by atoms with Crippen molar-refractivity contribution in [1.29, 1.82) is 0 Å². The Labute approximate surface area is 148 Å². The van der Waals surface area contributed by atoms with E-state index < -0.39 is 0 Å². The second-order valence-corrected chi connectivity index (χ2v) is 7.73. The fourth-order valence-electron chi connectivity index (χ4n) is 3.97. The molecule has 132 valence electrons. The predicted octanol–water partition coefficient (Wildman–Crippen LogP) is 2.04. The third kappa shape index (κ3) is 3.49. The van der Waals surface area contributed by atoms with Crippen molar-refractivity contribution in [2.45, 2.75) is 38.6 Å². The molecule has 1 N–H and O–H groups in total. The van der Waals surface area contributed by atoms with Crippen LogP contribution in [0.2, 0.25) is 0 Å². The first-order valence-electron chi connectivity index (χ1n) is 8.93. The van der Waals surface area contributed by atoms with Crippen molar-refractivity contribution in [2.24, 2.45) is 5.92 Å². The monoisotopic (exact) mass is 349 g/mol. The Hall–Kier alpha value is -1.40. The number of carbonyl (C=O) groups excluding carboxylic acids is 2. The lowest BCUT2D eigenvalue weighted by molar-refractivity contribution is -0.136. The zero-order valence-corrected chi connectivity index (χ0v) is 15.4. The van der Waals surface area contributed by atoms with Crippen LogP contribution < -0.4 is 5.32 Å². The van der Waals surface area contributed by atoms with Gasteiger partial charge in [0.05, 0.1) is 12.6 Å². The Bertz CT molecular complexity index is 593. The van der Waals surface area contributed by atoms with Crippen LogP contribution in [0.1, 0.15) is 42.7 Å². The zero-order valence-electron chi connectivity index (χ0n) is 14.6. The van der Waals surface area contributed by atoms with Crippen molar-refractivity contribution in [3.05, 3.63) is 21.9 Å². The van der Waals surface area contributed by atoms with Crippen molar-refractivity contribution in [3.63, 3.8) is 0 Å². The highest BCUT2D eigenvalue weighted by atomic mass is 32.1. The van der Waals surface area contributed by atoms with E-state index in [0.717, 1.165) is 45.3 Å². The minimum absolute atomic E-state index is 0.105. The molecule has 0 spiro atoms. The van der Waals surface area contributed by atoms with E-state index in [0.29, 0.717) is 6.54 Å². The Morgan fingerprint density at radius 2 is 2.04 bits per heavy atom. The molecule has 2 aliphatic rings. The standard InChI is InChI=1S/C18H27N3O2S/c1-3-15-14-7-11-24-16(14)6-10-21(15)17(22)12-20-8-4-13(5-9-20)18(23)19-2/h7,11,13,15H,3-6,8-10,12H2,1-2H3,(H,19,23). The first-order valence-corrected chi connectivity index (χ1v) is 9.81. The number of carbonyl (C=O) groups is 2. The van der Waals surface area contributed by atoms with E-state index in [4.69, 9.17) is 0 Å². The van der Waals surface area contributed by atoms with Crippen LogP contribution in [0.25, 0.3) is 0 Å². The maximum Gasteiger partial charge on any atom is 0.237 e. The maximum atomic E-state index is 12.8. The number of rotatable bonds is 4. The summed E-state index contributed by atoms with van der Waals surface area (Å²) in [6.07, 6.45) is 3.64. The Morgan fingerprint density at radius 3 is 2.71 bits per heavy atom. The summed E-state index contributed by atoms with van der Waals surface area (Å²) in [5, 5.41) is 4.87. The molecular weight excluding hydrogens is 322 g/mol. The van der Waals surface area contributed by atoms with E-state index in [2.05, 4.69) is 33.5 Å². The average Bonchev–Trinajstić information content (AvgIpc) is 3.09. The van der Waals surface area contributed by atoms with E-state index in [1.807, 2.05) is 11.3 Å². The summed E-state index contributed by atoms with van der Waals surface area (Å²) >= 11 is 1.81. The number of amides is 2. The molecule has 1 atom stereocenters. The Balaban J connectivity index is 1.57. The van der Waals surface area contributed by atoms with Crippen LogP contribution in [0.4, 0.5) is 0 Å². The topological polar surface area (TPSA) is 52.7 Å². The summed E-state index contributed by atoms with van der Waals surface area (Å²) < 4.78 is 0. The number of nitrogens with one attached hydrogen (secondary N) is 1. The Kier molecular flexibility index (Phi) is 5.56. The molecule has 3 heterocycles. The lowest BCUT2D eigenvalue weighted by atomic mass is 9.95. The van der Waals surface area contributed by atoms with Gasteiger partial charge in [0.25, 0.3) is 0 Å². The van der Waals surface area contributed by atoms with Gasteiger partial charge in [-0.15, -0.1) is 11.3 Å². The molecule has 3 rings (SSSR count). The fraction of sp³-hybridized carbons (Fsp3) is 0.667. The molecule has 0 aromatic carbocycles. The molecule has 1 unspecified atom stereocenters. The highest BCUT2D eigenvalue weighted by molar-refractivity contribution is 7.10. The molecule has 1 aromatic rings. The molecule has 1 saturated heterocycles. The van der Waals surface area contributed by atoms with Crippen molar-refractivity contribution in [3.8, 4) is 0 Å². The first kappa shape index (κ1) is 17.4. The largest absolute Gasteiger partial charge is 0.359 e. The molecule has 5 nitrogen and oxygen atoms in total. The van der Waals surface area contributed by atoms with Crippen LogP contribution in [0.15, 0.2) is 11.4 Å². The lowest BCUT2D eigenvalue weighted by Gasteiger charge is -2.38. The van der Waals surface area contributed by atoms with Gasteiger partial charge in [-0.3, -0.25) is 14.5 Å². The van der Waals surface area contributed by atoms with Gasteiger partial charge < -0.3 is 10.2 Å². The summed E-state index contributed by atoms with van der Waals surface area (Å²) in [6.45, 7) is 5.14. The molecule has 0 saturated carbocycles. The maximum absolute atomic E-state index is 12.8. The van der Waals surface area contributed by atoms with Crippen molar-refractivity contribution in [2.75, 3.05) is 33.2 Å². The lowest BCUT2D eigenvalue weighted by Crippen LogP contribution is -2.47. The summed E-state index contributed by atoms with van der Waals surface area (Å²) in [6, 6.07) is 2.42. The van der Waals surface area contributed by atoms with Crippen molar-refractivity contribution < 1.29 is 9.59 Å². The molecule has 6 heteroatoms. The normalized spacial score (nSPS) is 22.2. The summed E-state index contributed by atoms with van der Waals surface area (Å²) in [7, 11) is 1.69. The Morgan fingerprint density at radius 1 is 1.29 bits per heavy atom. The van der Waals surface area contributed by atoms with Gasteiger partial charge in [0.15, 0.2) is 0 Å². The van der Waals surface area contributed by atoms with Gasteiger partial charge in [0.1, 0.15) is 0 Å². The highest BCUT2D eigenvalue weighted by Crippen LogP contribution is 2.35. The van der Waals surface area contributed by atoms with E-state index in [-0.39, 0.29) is 23.8 Å². The summed E-state index contributed by atoms with van der Waals surface area (Å²) in [4.78, 5) is 30.3. The molecule has 24 heavy (non-hydrogen) atoms. The van der Waals surface area contributed by atoms with Crippen LogP contribution in [0.3, 0.4) is 0 Å². The zero-order chi connectivity index (χ0) is 17.1. The molecule has 0 bridgehead atoms. The van der Waals surface area contributed by atoms with Crippen LogP contribution >= 0.6 is 11.3 Å². The second-order valence-electron chi connectivity index (χ2n) is 6.72. The molecular formula is C18H27N3O2S. The molecule has 1 fully saturated rings. The molecule has 0 radical (unpaired) electrons. The van der Waals surface area contributed by atoms with E-state index in [9.17, 15) is 9.59 Å². The number of fused-ring (bicyclic) bond motifs is 1. The number of thiophene rings is 1. The molecule has 0 aliphatic carbocycles. The third-order valence-electron chi connectivity index (χ3n) is 5.37. The first-order chi connectivity index (χ1) is 11.6. The highest BCUT2D eigenvalue weighted by Gasteiger charge is 2.32. The van der Waals surface area contributed by atoms with E-state index >= 15 is 0 Å². The van der Waals surface area contributed by atoms with Gasteiger partial charge >= 0.3 is 0 Å². The van der Waals surface area contributed by atoms with Gasteiger partial charge in [-0.25, -0.2) is 0 Å². The number of likely N-dealkylation sites (tertiary alicyclic amines) is 1. The summed E-state index contributed by atoms with van der Waals surface area (Å²) in [5.74, 6) is 0.471. The third-order valence-corrected chi connectivity index (χ3v) is 6.36. The van der Waals surface area contributed by atoms with Crippen LogP contribution in [-0.2, 0) is 16.0 Å². The quantitative estimate of drug-likeness (QED) is 0.905. The number of nitrogens with zero attached hydrogens (tertiary/aromatic N) is 2.